The molecule has 0 atom stereocenters. The summed E-state index contributed by atoms with van der Waals surface area (Å²) in [4.78, 5) is 50.5. The molecule has 18 nitrogen and oxygen atoms in total. The third-order valence-corrected chi connectivity index (χ3v) is 37.6. The Morgan fingerprint density at radius 1 is 0.182 bits per heavy atom. The molecule has 29 rings (SSSR count). The van der Waals surface area contributed by atoms with Gasteiger partial charge in [-0.15, -0.1) is 0 Å². The maximum atomic E-state index is 6.52. The van der Waals surface area contributed by atoms with Gasteiger partial charge in [-0.05, 0) is 162 Å². The van der Waals surface area contributed by atoms with E-state index in [4.69, 9.17) is 53.7 Å². The number of imidazole rings is 6. The molecular weight excluding hydrogens is 1720 g/mol. The second-order valence-electron chi connectivity index (χ2n) is 35.2. The van der Waals surface area contributed by atoms with Crippen molar-refractivity contribution in [2.24, 2.45) is 0 Å². The van der Waals surface area contributed by atoms with Crippen LogP contribution < -0.4 is 41.5 Å². The predicted molar refractivity (Wildman–Crippen MR) is 555 cm³/mol. The van der Waals surface area contributed by atoms with E-state index in [1.807, 2.05) is 36.4 Å². The maximum Gasteiger partial charge on any atom is 0.242 e. The van der Waals surface area contributed by atoms with E-state index < -0.39 is 16.1 Å². The Hall–Kier alpha value is -18.4. The van der Waals surface area contributed by atoms with Crippen molar-refractivity contribution in [3.05, 3.63) is 437 Å². The first-order valence-corrected chi connectivity index (χ1v) is 49.9. The van der Waals surface area contributed by atoms with Gasteiger partial charge in [-0.3, -0.25) is 17.8 Å². The van der Waals surface area contributed by atoms with E-state index in [9.17, 15) is 0 Å². The molecule has 0 aliphatic carbocycles. The summed E-state index contributed by atoms with van der Waals surface area (Å²) in [6, 6.07) is 156. The van der Waals surface area contributed by atoms with Crippen molar-refractivity contribution in [2.45, 2.75) is 0 Å². The number of furan rings is 2. The minimum absolute atomic E-state index is 0.362. The molecule has 0 saturated carbocycles. The zero-order valence-corrected chi connectivity index (χ0v) is 75.0. The summed E-state index contributed by atoms with van der Waals surface area (Å²) >= 11 is 0. The number of para-hydroxylation sites is 13. The lowest BCUT2D eigenvalue weighted by Gasteiger charge is -2.34. The molecule has 0 bridgehead atoms. The molecule has 18 aromatic carbocycles. The minimum atomic E-state index is -3.16. The molecule has 20 heteroatoms. The molecule has 0 fully saturated rings. The topological polar surface area (TPSA) is 175 Å². The van der Waals surface area contributed by atoms with Gasteiger partial charge >= 0.3 is 0 Å². The van der Waals surface area contributed by atoms with Gasteiger partial charge in [0.25, 0.3) is 0 Å². The number of nitrogens with zero attached hydrogens (tertiary/aromatic N) is 16. The van der Waals surface area contributed by atoms with Crippen LogP contribution in [-0.2, 0) is 0 Å². The Morgan fingerprint density at radius 3 is 0.927 bits per heavy atom. The molecule has 11 aromatic heterocycles. The molecule has 0 amide bonds. The van der Waals surface area contributed by atoms with Crippen molar-refractivity contribution < 1.29 is 8.83 Å². The van der Waals surface area contributed by atoms with Gasteiger partial charge in [0.15, 0.2) is 27.8 Å². The van der Waals surface area contributed by atoms with Crippen LogP contribution >= 0.6 is 0 Å². The molecule has 29 aromatic rings. The van der Waals surface area contributed by atoms with Crippen LogP contribution in [0.1, 0.15) is 0 Å². The zero-order valence-electron chi connectivity index (χ0n) is 73.0. The lowest BCUT2D eigenvalue weighted by molar-refractivity contribution is 0.668. The maximum absolute atomic E-state index is 6.52. The van der Waals surface area contributed by atoms with E-state index >= 15 is 0 Å². The fourth-order valence-electron chi connectivity index (χ4n) is 22.1. The van der Waals surface area contributed by atoms with E-state index in [0.29, 0.717) is 52.8 Å². The van der Waals surface area contributed by atoms with Crippen LogP contribution in [0.2, 0.25) is 0 Å². The Kier molecular flexibility index (Phi) is 16.5. The van der Waals surface area contributed by atoms with Crippen LogP contribution in [0.15, 0.2) is 446 Å². The molecule has 0 radical (unpaired) electrons. The van der Waals surface area contributed by atoms with E-state index in [2.05, 4.69) is 432 Å². The van der Waals surface area contributed by atoms with E-state index in [1.165, 1.54) is 41.5 Å². The molecule has 0 saturated heterocycles. The molecule has 0 aliphatic heterocycles. The van der Waals surface area contributed by atoms with Crippen molar-refractivity contribution in [1.82, 2.24) is 76.3 Å². The summed E-state index contributed by atoms with van der Waals surface area (Å²) in [5.41, 5.74) is 19.5. The Balaban J connectivity index is 0.623. The van der Waals surface area contributed by atoms with Gasteiger partial charge in [-0.25, -0.2) is 28.7 Å². The molecule has 0 spiro atoms. The standard InChI is InChI=1S/C117H72N16O2Si2/c1-5-30-76(31-6-1)136(77-32-7-2-8-33-77,82-65-68-106-88(71-82)85-38-14-27-54-104(85)134-106)80-61-56-73(57-62-80)109-121-111(125-112(122-109)131-99-51-25-23-49-97(99)128-94-46-20-16-42-90(94)118-115(128)131)127-93-45-19-13-40-87(93)108-84(41-29-53-102(108)127)75-60-67-101-103(70-75)130-96-48-22-18-44-92(96)120-117(130)133(101)114-124-110(123-113(126-114)132-100-52-26-24-50-98(100)129-95-47-21-17-43-91(95)119-116(129)132)74-58-63-81(64-59-74)137(78-34-9-3-10-35-78,79-36-11-4-12-37-79)83-66-69-107-89(72-83)86-39-15-28-55-105(86)135-107/h1-72H. The normalized spacial score (nSPS) is 12.4. The summed E-state index contributed by atoms with van der Waals surface area (Å²) in [5.74, 6) is 4.46. The van der Waals surface area contributed by atoms with Gasteiger partial charge < -0.3 is 8.83 Å². The third-order valence-electron chi connectivity index (χ3n) is 28.0. The average molecular weight is 1790 g/mol. The van der Waals surface area contributed by atoms with Gasteiger partial charge in [-0.1, -0.05) is 328 Å². The largest absolute Gasteiger partial charge is 0.456 e. The van der Waals surface area contributed by atoms with Crippen LogP contribution in [0, 0.1) is 0 Å². The van der Waals surface area contributed by atoms with E-state index in [1.54, 1.807) is 0 Å². The summed E-state index contributed by atoms with van der Waals surface area (Å²) < 4.78 is 28.2. The fraction of sp³-hybridized carbons (Fsp3) is 0. The highest BCUT2D eigenvalue weighted by molar-refractivity contribution is 7.20. The highest BCUT2D eigenvalue weighted by atomic mass is 28.3. The van der Waals surface area contributed by atoms with Crippen LogP contribution in [-0.4, -0.2) is 92.5 Å². The second kappa shape index (κ2) is 29.6. The summed E-state index contributed by atoms with van der Waals surface area (Å²) in [5, 5.41) is 16.1. The number of hydrogen-bond donors (Lipinski definition) is 0. The van der Waals surface area contributed by atoms with Gasteiger partial charge in [0.05, 0.1) is 77.2 Å². The zero-order chi connectivity index (χ0) is 89.7. The molecule has 11 heterocycles. The molecule has 0 unspecified atom stereocenters. The van der Waals surface area contributed by atoms with Crippen LogP contribution in [0.25, 0.3) is 207 Å². The second-order valence-corrected chi connectivity index (χ2v) is 42.8. The van der Waals surface area contributed by atoms with Crippen molar-refractivity contribution in [2.75, 3.05) is 0 Å². The molecule has 0 aliphatic rings. The third kappa shape index (κ3) is 11.2. The monoisotopic (exact) mass is 1790 g/mol. The van der Waals surface area contributed by atoms with Gasteiger partial charge in [0, 0.05) is 43.4 Å². The van der Waals surface area contributed by atoms with E-state index in [0.717, 1.165) is 154 Å². The SMILES string of the molecule is c1ccc([Si](c2ccccc2)(c2ccc(-c3nc(-n4c5ccccc5c5c(-c6ccc7c(c6)n6c8ccccc8nc6n7-c6nc(-c7ccc([Si](c8ccccc8)(c8ccccc8)c8ccc9oc%10ccccc%10c9c8)cc7)nc(-n7c8ccccc8n8c9ccccc9nc78)n6)cccc54)nc(-n4c5ccccc5n5c6ccccc6nc45)n3)cc2)c2ccc3oc4ccccc4c3c2)cc1. The van der Waals surface area contributed by atoms with Crippen LogP contribution in [0.4, 0.5) is 0 Å². The number of benzene rings is 18. The molecular formula is C117H72N16O2Si2. The van der Waals surface area contributed by atoms with Gasteiger partial charge in [0.1, 0.15) is 22.3 Å². The predicted octanol–water partition coefficient (Wildman–Crippen LogP) is 20.9. The Labute approximate surface area is 781 Å². The highest BCUT2D eigenvalue weighted by Crippen LogP contribution is 2.43. The molecule has 640 valence electrons. The average Bonchev–Trinajstić information content (AvgIpc) is 1.56. The summed E-state index contributed by atoms with van der Waals surface area (Å²) in [6.45, 7) is 0. The number of hydrogen-bond acceptors (Lipinski definition) is 11. The molecule has 137 heavy (non-hydrogen) atoms. The number of rotatable bonds is 15. The van der Waals surface area contributed by atoms with Crippen LogP contribution in [0.3, 0.4) is 0 Å². The fourth-order valence-corrected chi connectivity index (χ4v) is 31.6. The van der Waals surface area contributed by atoms with Crippen LogP contribution in [0.5, 0.6) is 0 Å². The Bertz CT molecular complexity index is 9950. The van der Waals surface area contributed by atoms with E-state index in [-0.39, 0.29) is 0 Å². The first kappa shape index (κ1) is 76.3. The van der Waals surface area contributed by atoms with Gasteiger partial charge in [-0.2, -0.15) is 29.9 Å². The molecule has 0 N–H and O–H groups in total. The first-order valence-electron chi connectivity index (χ1n) is 45.9. The smallest absolute Gasteiger partial charge is 0.242 e. The highest BCUT2D eigenvalue weighted by Gasteiger charge is 2.44. The van der Waals surface area contributed by atoms with Gasteiger partial charge in [0.2, 0.25) is 41.1 Å². The summed E-state index contributed by atoms with van der Waals surface area (Å²) in [6.07, 6.45) is 0. The quantitative estimate of drug-likeness (QED) is 0.0705. The lowest BCUT2D eigenvalue weighted by atomic mass is 9.99. The number of aromatic nitrogens is 16. The van der Waals surface area contributed by atoms with Crippen molar-refractivity contribution in [3.63, 3.8) is 0 Å². The summed E-state index contributed by atoms with van der Waals surface area (Å²) in [7, 11) is -6.31. The van der Waals surface area contributed by atoms with Crippen molar-refractivity contribution >= 4 is 207 Å². The van der Waals surface area contributed by atoms with Crippen molar-refractivity contribution in [1.29, 1.82) is 0 Å². The number of fused-ring (bicyclic) bond motifs is 24. The van der Waals surface area contributed by atoms with Crippen molar-refractivity contribution in [3.8, 4) is 57.7 Å². The minimum Gasteiger partial charge on any atom is -0.456 e. The lowest BCUT2D eigenvalue weighted by Crippen LogP contribution is -2.74. The first-order chi connectivity index (χ1) is 67.9. The Morgan fingerprint density at radius 2 is 0.496 bits per heavy atom.